The summed E-state index contributed by atoms with van der Waals surface area (Å²) in [6.45, 7) is 4.31. The molecule has 0 aliphatic rings. The van der Waals surface area contributed by atoms with Crippen LogP contribution in [-0.2, 0) is 20.6 Å². The van der Waals surface area contributed by atoms with E-state index in [4.69, 9.17) is 0 Å². The smallest absolute Gasteiger partial charge is 0.407 e. The Hall–Kier alpha value is -2.62. The standard InChI is InChI=1S/C19H21F7N2O3/c1-16(2,27-10-29)11-6-5-7-12(8-11)17(3,4)28-15(30)31-9-13(20)18(23,24)19(25,26)14(21)22/h5-8,13-14H,9H2,1-4H3,(H,28,30). The van der Waals surface area contributed by atoms with Crippen LogP contribution in [0.3, 0.4) is 0 Å². The molecule has 1 amide bonds. The number of rotatable bonds is 9. The van der Waals surface area contributed by atoms with E-state index < -0.39 is 48.2 Å². The predicted octanol–water partition coefficient (Wildman–Crippen LogP) is 5.09. The van der Waals surface area contributed by atoms with E-state index >= 15 is 0 Å². The molecule has 0 aromatic heterocycles. The molecule has 12 heteroatoms. The first-order valence-corrected chi connectivity index (χ1v) is 8.82. The Morgan fingerprint density at radius 2 is 1.61 bits per heavy atom. The highest BCUT2D eigenvalue weighted by Gasteiger charge is 2.67. The molecule has 5 nitrogen and oxygen atoms in total. The summed E-state index contributed by atoms with van der Waals surface area (Å²) in [7, 11) is 0. The van der Waals surface area contributed by atoms with Gasteiger partial charge in [0.05, 0.1) is 11.1 Å². The number of alkyl halides is 7. The molecule has 0 bridgehead atoms. The van der Waals surface area contributed by atoms with Crippen LogP contribution in [0.2, 0.25) is 0 Å². The number of aliphatic imine (C=N–C) groups is 1. The molecule has 0 radical (unpaired) electrons. The molecule has 1 unspecified atom stereocenters. The monoisotopic (exact) mass is 458 g/mol. The lowest BCUT2D eigenvalue weighted by atomic mass is 9.88. The number of halogens is 7. The molecule has 0 saturated carbocycles. The van der Waals surface area contributed by atoms with Crippen molar-refractivity contribution in [2.75, 3.05) is 6.61 Å². The number of carbonyl (C=O) groups is 1. The average molecular weight is 458 g/mol. The highest BCUT2D eigenvalue weighted by molar-refractivity contribution is 5.68. The third-order valence-electron chi connectivity index (χ3n) is 4.50. The number of hydrogen-bond donors (Lipinski definition) is 1. The largest absolute Gasteiger partial charge is 0.446 e. The van der Waals surface area contributed by atoms with Gasteiger partial charge in [0.1, 0.15) is 6.61 Å². The van der Waals surface area contributed by atoms with E-state index in [2.05, 4.69) is 15.0 Å². The Labute approximate surface area is 173 Å². The van der Waals surface area contributed by atoms with Crippen LogP contribution in [0.4, 0.5) is 35.5 Å². The second-order valence-corrected chi connectivity index (χ2v) is 7.71. The lowest BCUT2D eigenvalue weighted by Gasteiger charge is -2.30. The minimum absolute atomic E-state index is 0.447. The van der Waals surface area contributed by atoms with Gasteiger partial charge in [0.25, 0.3) is 0 Å². The number of isocyanates is 1. The van der Waals surface area contributed by atoms with Crippen LogP contribution in [0, 0.1) is 0 Å². The molecule has 1 aromatic rings. The van der Waals surface area contributed by atoms with E-state index in [0.717, 1.165) is 0 Å². The molecule has 0 spiro atoms. The number of ether oxygens (including phenoxy) is 1. The van der Waals surface area contributed by atoms with Gasteiger partial charge in [0.15, 0.2) is 0 Å². The van der Waals surface area contributed by atoms with Gasteiger partial charge in [0, 0.05) is 0 Å². The van der Waals surface area contributed by atoms with Crippen LogP contribution in [0.5, 0.6) is 0 Å². The van der Waals surface area contributed by atoms with Crippen LogP contribution >= 0.6 is 0 Å². The summed E-state index contributed by atoms with van der Waals surface area (Å²) in [4.78, 5) is 26.1. The Balaban J connectivity index is 2.89. The number of nitrogens with zero attached hydrogens (tertiary/aromatic N) is 1. The SMILES string of the molecule is CC(C)(N=C=O)c1cccc(C(C)(C)NC(=O)OCC(F)C(F)(F)C(F)(F)C(F)F)c1. The van der Waals surface area contributed by atoms with Crippen molar-refractivity contribution in [2.24, 2.45) is 4.99 Å². The number of alkyl carbamates (subject to hydrolysis) is 1. The van der Waals surface area contributed by atoms with Crippen LogP contribution in [0.15, 0.2) is 29.3 Å². The number of nitrogens with one attached hydrogen (secondary N) is 1. The molecular weight excluding hydrogens is 437 g/mol. The van der Waals surface area contributed by atoms with E-state index in [9.17, 15) is 40.3 Å². The number of carbonyl (C=O) groups excluding carboxylic acids is 2. The first-order valence-electron chi connectivity index (χ1n) is 8.82. The number of benzene rings is 1. The third-order valence-corrected chi connectivity index (χ3v) is 4.50. The molecule has 0 saturated heterocycles. The van der Waals surface area contributed by atoms with E-state index in [0.29, 0.717) is 11.1 Å². The second kappa shape index (κ2) is 9.25. The van der Waals surface area contributed by atoms with Crippen LogP contribution in [-0.4, -0.2) is 43.2 Å². The van der Waals surface area contributed by atoms with Gasteiger partial charge < -0.3 is 10.1 Å². The Morgan fingerprint density at radius 1 is 1.06 bits per heavy atom. The zero-order valence-electron chi connectivity index (χ0n) is 17.0. The summed E-state index contributed by atoms with van der Waals surface area (Å²) in [6, 6.07) is 6.39. The highest BCUT2D eigenvalue weighted by Crippen LogP contribution is 2.42. The molecule has 0 heterocycles. The van der Waals surface area contributed by atoms with Gasteiger partial charge in [-0.3, -0.25) is 0 Å². The highest BCUT2D eigenvalue weighted by atomic mass is 19.3. The van der Waals surface area contributed by atoms with Crippen molar-refractivity contribution in [1.29, 1.82) is 0 Å². The fourth-order valence-electron chi connectivity index (χ4n) is 2.44. The molecule has 0 aliphatic heterocycles. The van der Waals surface area contributed by atoms with Crippen molar-refractivity contribution in [3.63, 3.8) is 0 Å². The van der Waals surface area contributed by atoms with Crippen LogP contribution in [0.25, 0.3) is 0 Å². The van der Waals surface area contributed by atoms with Crippen molar-refractivity contribution >= 4 is 12.2 Å². The third kappa shape index (κ3) is 5.96. The molecule has 0 fully saturated rings. The zero-order chi connectivity index (χ0) is 24.3. The lowest BCUT2D eigenvalue weighted by Crippen LogP contribution is -2.54. The maximum absolute atomic E-state index is 13.5. The minimum Gasteiger partial charge on any atom is -0.446 e. The van der Waals surface area contributed by atoms with Gasteiger partial charge >= 0.3 is 24.4 Å². The summed E-state index contributed by atoms with van der Waals surface area (Å²) in [6.07, 6.45) is -8.68. The summed E-state index contributed by atoms with van der Waals surface area (Å²) in [5.74, 6) is -11.7. The molecule has 1 atom stereocenters. The first-order chi connectivity index (χ1) is 14.0. The van der Waals surface area contributed by atoms with Crippen molar-refractivity contribution in [3.8, 4) is 0 Å². The molecule has 0 aliphatic carbocycles. The first kappa shape index (κ1) is 26.4. The quantitative estimate of drug-likeness (QED) is 0.318. The number of hydrogen-bond acceptors (Lipinski definition) is 4. The molecule has 174 valence electrons. The fraction of sp³-hybridized carbons (Fsp3) is 0.579. The summed E-state index contributed by atoms with van der Waals surface area (Å²) >= 11 is 0. The maximum Gasteiger partial charge on any atom is 0.407 e. The fourth-order valence-corrected chi connectivity index (χ4v) is 2.44. The Kier molecular flexibility index (Phi) is 7.88. The van der Waals surface area contributed by atoms with Gasteiger partial charge in [-0.2, -0.15) is 22.6 Å². The predicted molar refractivity (Wildman–Crippen MR) is 95.9 cm³/mol. The minimum atomic E-state index is -5.94. The normalized spacial score (nSPS) is 14.1. The summed E-state index contributed by atoms with van der Waals surface area (Å²) in [5.41, 5.74) is -1.16. The van der Waals surface area contributed by atoms with Gasteiger partial charge in [-0.05, 0) is 38.8 Å². The van der Waals surface area contributed by atoms with Crippen LogP contribution in [0.1, 0.15) is 38.8 Å². The molecule has 1 aromatic carbocycles. The maximum atomic E-state index is 13.5. The van der Waals surface area contributed by atoms with Crippen molar-refractivity contribution in [1.82, 2.24) is 5.32 Å². The molecular formula is C19H21F7N2O3. The molecule has 1 rings (SSSR count). The van der Waals surface area contributed by atoms with E-state index in [1.165, 1.54) is 19.9 Å². The number of amides is 1. The van der Waals surface area contributed by atoms with Crippen molar-refractivity contribution in [2.45, 2.75) is 63.2 Å². The van der Waals surface area contributed by atoms with Gasteiger partial charge in [-0.25, -0.2) is 22.8 Å². The second-order valence-electron chi connectivity index (χ2n) is 7.71. The van der Waals surface area contributed by atoms with Crippen LogP contribution < -0.4 is 5.32 Å². The summed E-state index contributed by atoms with van der Waals surface area (Å²) < 4.78 is 94.1. The van der Waals surface area contributed by atoms with Crippen molar-refractivity contribution < 1.29 is 45.1 Å². The summed E-state index contributed by atoms with van der Waals surface area (Å²) in [5, 5.41) is 2.24. The van der Waals surface area contributed by atoms with E-state index in [1.807, 2.05) is 0 Å². The Morgan fingerprint density at radius 3 is 2.13 bits per heavy atom. The van der Waals surface area contributed by atoms with Crippen molar-refractivity contribution in [3.05, 3.63) is 35.4 Å². The zero-order valence-corrected chi connectivity index (χ0v) is 17.0. The van der Waals surface area contributed by atoms with E-state index in [1.54, 1.807) is 38.1 Å². The van der Waals surface area contributed by atoms with Gasteiger partial charge in [-0.15, -0.1) is 0 Å². The average Bonchev–Trinajstić information content (AvgIpc) is 2.65. The van der Waals surface area contributed by atoms with Gasteiger partial charge in [-0.1, -0.05) is 24.3 Å². The lowest BCUT2D eigenvalue weighted by molar-refractivity contribution is -0.287. The topological polar surface area (TPSA) is 67.8 Å². The molecule has 1 N–H and O–H groups in total. The molecule has 31 heavy (non-hydrogen) atoms. The van der Waals surface area contributed by atoms with Gasteiger partial charge in [0.2, 0.25) is 12.3 Å². The van der Waals surface area contributed by atoms with E-state index in [-0.39, 0.29) is 0 Å². The Bertz CT molecular complexity index is 838.